The number of ether oxygens (including phenoxy) is 1. The Morgan fingerprint density at radius 3 is 2.47 bits per heavy atom. The van der Waals surface area contributed by atoms with Crippen LogP contribution in [0.15, 0.2) is 51.8 Å². The SMILES string of the molecule is CCCN1C(=O)C(=C2SC(=S)N(Cc3ccc(OC)cc3)C2=O)c2cc(Br)ccc21. The van der Waals surface area contributed by atoms with Crippen molar-refractivity contribution >= 4 is 67.3 Å². The van der Waals surface area contributed by atoms with Crippen LogP contribution in [0.3, 0.4) is 0 Å². The number of anilines is 1. The molecule has 0 aliphatic carbocycles. The van der Waals surface area contributed by atoms with Crippen LogP contribution in [0.2, 0.25) is 0 Å². The van der Waals surface area contributed by atoms with Crippen LogP contribution in [-0.4, -0.2) is 34.7 Å². The van der Waals surface area contributed by atoms with Gasteiger partial charge in [-0.2, -0.15) is 0 Å². The third-order valence-electron chi connectivity index (χ3n) is 5.00. The molecule has 1 fully saturated rings. The Kier molecular flexibility index (Phi) is 5.99. The van der Waals surface area contributed by atoms with E-state index >= 15 is 0 Å². The first-order chi connectivity index (χ1) is 14.4. The van der Waals surface area contributed by atoms with Gasteiger partial charge in [-0.25, -0.2) is 0 Å². The number of halogens is 1. The van der Waals surface area contributed by atoms with Crippen LogP contribution >= 0.6 is 39.9 Å². The molecule has 30 heavy (non-hydrogen) atoms. The molecule has 2 aliphatic rings. The van der Waals surface area contributed by atoms with E-state index in [1.54, 1.807) is 16.9 Å². The third-order valence-corrected chi connectivity index (χ3v) is 6.94. The molecule has 1 saturated heterocycles. The molecule has 4 rings (SSSR count). The van der Waals surface area contributed by atoms with Gasteiger partial charge < -0.3 is 9.64 Å². The molecule has 2 aliphatic heterocycles. The van der Waals surface area contributed by atoms with Crippen molar-refractivity contribution in [2.75, 3.05) is 18.6 Å². The third kappa shape index (κ3) is 3.68. The lowest BCUT2D eigenvalue weighted by Crippen LogP contribution is -2.29. The number of thiocarbonyl (C=S) groups is 1. The highest BCUT2D eigenvalue weighted by molar-refractivity contribution is 9.10. The van der Waals surface area contributed by atoms with Crippen LogP contribution in [0.25, 0.3) is 5.57 Å². The molecule has 8 heteroatoms. The summed E-state index contributed by atoms with van der Waals surface area (Å²) >= 11 is 10.2. The maximum absolute atomic E-state index is 13.3. The zero-order valence-electron chi connectivity index (χ0n) is 16.5. The van der Waals surface area contributed by atoms with Gasteiger partial charge in [0, 0.05) is 16.6 Å². The summed E-state index contributed by atoms with van der Waals surface area (Å²) in [5, 5.41) is 0. The highest BCUT2D eigenvalue weighted by Gasteiger charge is 2.41. The summed E-state index contributed by atoms with van der Waals surface area (Å²) < 4.78 is 6.50. The Balaban J connectivity index is 1.71. The normalized spacial score (nSPS) is 18.4. The number of carbonyl (C=O) groups excluding carboxylic acids is 2. The summed E-state index contributed by atoms with van der Waals surface area (Å²) in [7, 11) is 1.61. The molecule has 0 unspecified atom stereocenters. The Labute approximate surface area is 193 Å². The molecule has 0 N–H and O–H groups in total. The first-order valence-corrected chi connectivity index (χ1v) is 11.5. The van der Waals surface area contributed by atoms with Crippen LogP contribution in [0.5, 0.6) is 5.75 Å². The van der Waals surface area contributed by atoms with Crippen molar-refractivity contribution in [2.45, 2.75) is 19.9 Å². The van der Waals surface area contributed by atoms with Gasteiger partial charge in [-0.1, -0.05) is 59.0 Å². The Hall–Kier alpha value is -2.16. The second-order valence-corrected chi connectivity index (χ2v) is 9.49. The molecule has 5 nitrogen and oxygen atoms in total. The van der Waals surface area contributed by atoms with Crippen LogP contribution in [0.4, 0.5) is 5.69 Å². The van der Waals surface area contributed by atoms with Crippen molar-refractivity contribution < 1.29 is 14.3 Å². The monoisotopic (exact) mass is 502 g/mol. The fourth-order valence-corrected chi connectivity index (χ4v) is 5.26. The van der Waals surface area contributed by atoms with Crippen LogP contribution < -0.4 is 9.64 Å². The van der Waals surface area contributed by atoms with Gasteiger partial charge in [0.2, 0.25) is 0 Å². The molecule has 2 aromatic carbocycles. The molecule has 0 radical (unpaired) electrons. The van der Waals surface area contributed by atoms with Crippen LogP contribution in [-0.2, 0) is 16.1 Å². The fraction of sp³-hybridized carbons (Fsp3) is 0.227. The van der Waals surface area contributed by atoms with Crippen LogP contribution in [0, 0.1) is 0 Å². The number of rotatable bonds is 5. The maximum atomic E-state index is 13.3. The lowest BCUT2D eigenvalue weighted by Gasteiger charge is -2.16. The van der Waals surface area contributed by atoms with Gasteiger partial charge in [-0.05, 0) is 42.3 Å². The van der Waals surface area contributed by atoms with E-state index in [-0.39, 0.29) is 11.8 Å². The number of amides is 2. The van der Waals surface area contributed by atoms with Crippen molar-refractivity contribution in [3.05, 3.63) is 63.0 Å². The van der Waals surface area contributed by atoms with Gasteiger partial charge in [-0.15, -0.1) is 0 Å². The number of hydrogen-bond donors (Lipinski definition) is 0. The minimum Gasteiger partial charge on any atom is -0.497 e. The average Bonchev–Trinajstić information content (AvgIpc) is 3.16. The van der Waals surface area contributed by atoms with Crippen molar-refractivity contribution in [2.24, 2.45) is 0 Å². The minimum atomic E-state index is -0.228. The molecule has 0 spiro atoms. The quantitative estimate of drug-likeness (QED) is 0.425. The first kappa shape index (κ1) is 21.1. The van der Waals surface area contributed by atoms with E-state index in [0.717, 1.165) is 33.5 Å². The summed E-state index contributed by atoms with van der Waals surface area (Å²) in [5.41, 5.74) is 2.98. The molecule has 154 valence electrons. The zero-order valence-corrected chi connectivity index (χ0v) is 19.7. The maximum Gasteiger partial charge on any atom is 0.267 e. The van der Waals surface area contributed by atoms with Gasteiger partial charge in [-0.3, -0.25) is 14.5 Å². The molecule has 2 heterocycles. The van der Waals surface area contributed by atoms with Crippen molar-refractivity contribution in [3.8, 4) is 5.75 Å². The molecular formula is C22H19BrN2O3S2. The van der Waals surface area contributed by atoms with E-state index in [9.17, 15) is 9.59 Å². The Bertz CT molecular complexity index is 1080. The van der Waals surface area contributed by atoms with Gasteiger partial charge in [0.25, 0.3) is 11.8 Å². The number of fused-ring (bicyclic) bond motifs is 1. The molecule has 0 atom stereocenters. The highest BCUT2D eigenvalue weighted by atomic mass is 79.9. The lowest BCUT2D eigenvalue weighted by molar-refractivity contribution is -0.122. The minimum absolute atomic E-state index is 0.144. The first-order valence-electron chi connectivity index (χ1n) is 9.47. The molecule has 2 amide bonds. The average molecular weight is 503 g/mol. The summed E-state index contributed by atoms with van der Waals surface area (Å²) in [6.45, 7) is 2.98. The Morgan fingerprint density at radius 1 is 1.07 bits per heavy atom. The number of carbonyl (C=O) groups is 2. The van der Waals surface area contributed by atoms with E-state index in [1.165, 1.54) is 11.8 Å². The smallest absolute Gasteiger partial charge is 0.267 e. The molecular weight excluding hydrogens is 484 g/mol. The summed E-state index contributed by atoms with van der Waals surface area (Å²) in [6, 6.07) is 13.2. The number of thioether (sulfide) groups is 1. The van der Waals surface area contributed by atoms with Crippen molar-refractivity contribution in [1.29, 1.82) is 0 Å². The largest absolute Gasteiger partial charge is 0.497 e. The number of benzene rings is 2. The van der Waals surface area contributed by atoms with Crippen LogP contribution in [0.1, 0.15) is 24.5 Å². The lowest BCUT2D eigenvalue weighted by atomic mass is 10.1. The van der Waals surface area contributed by atoms with Gasteiger partial charge in [0.15, 0.2) is 0 Å². The second kappa shape index (κ2) is 8.53. The molecule has 0 saturated carbocycles. The van der Waals surface area contributed by atoms with E-state index in [1.807, 2.05) is 49.4 Å². The van der Waals surface area contributed by atoms with E-state index in [4.69, 9.17) is 17.0 Å². The summed E-state index contributed by atoms with van der Waals surface area (Å²) in [5.74, 6) is 0.379. The van der Waals surface area contributed by atoms with E-state index in [2.05, 4.69) is 15.9 Å². The topological polar surface area (TPSA) is 49.9 Å². The number of methoxy groups -OCH3 is 1. The highest BCUT2D eigenvalue weighted by Crippen LogP contribution is 2.45. The van der Waals surface area contributed by atoms with Crippen molar-refractivity contribution in [1.82, 2.24) is 4.90 Å². The number of hydrogen-bond acceptors (Lipinski definition) is 5. The fourth-order valence-electron chi connectivity index (χ4n) is 3.57. The van der Waals surface area contributed by atoms with Gasteiger partial charge >= 0.3 is 0 Å². The Morgan fingerprint density at radius 2 is 1.80 bits per heavy atom. The van der Waals surface area contributed by atoms with Gasteiger partial charge in [0.05, 0.1) is 29.8 Å². The summed E-state index contributed by atoms with van der Waals surface area (Å²) in [6.07, 6.45) is 0.826. The molecule has 2 aromatic rings. The zero-order chi connectivity index (χ0) is 21.4. The van der Waals surface area contributed by atoms with E-state index < -0.39 is 0 Å². The number of nitrogens with zero attached hydrogens (tertiary/aromatic N) is 2. The van der Waals surface area contributed by atoms with E-state index in [0.29, 0.717) is 27.9 Å². The van der Waals surface area contributed by atoms with Crippen molar-refractivity contribution in [3.63, 3.8) is 0 Å². The molecule has 0 bridgehead atoms. The standard InChI is InChI=1S/C22H19BrN2O3S2/c1-3-10-24-17-9-6-14(23)11-16(17)18(20(24)26)19-21(27)25(22(29)30-19)12-13-4-7-15(28-2)8-5-13/h4-9,11H,3,10,12H2,1-2H3. The second-order valence-electron chi connectivity index (χ2n) is 6.93. The predicted octanol–water partition coefficient (Wildman–Crippen LogP) is 4.99. The van der Waals surface area contributed by atoms with Gasteiger partial charge in [0.1, 0.15) is 10.1 Å². The summed E-state index contributed by atoms with van der Waals surface area (Å²) in [4.78, 5) is 30.2. The molecule has 0 aromatic heterocycles. The predicted molar refractivity (Wildman–Crippen MR) is 127 cm³/mol.